The third-order valence-electron chi connectivity index (χ3n) is 2.80. The van der Waals surface area contributed by atoms with Gasteiger partial charge in [-0.15, -0.1) is 0 Å². The van der Waals surface area contributed by atoms with E-state index in [0.29, 0.717) is 10.8 Å². The van der Waals surface area contributed by atoms with E-state index in [9.17, 15) is 20.0 Å². The van der Waals surface area contributed by atoms with Gasteiger partial charge in [-0.05, 0) is 24.3 Å². The van der Waals surface area contributed by atoms with Crippen LogP contribution >= 0.6 is 11.6 Å². The normalized spacial score (nSPS) is 10.5. The number of nitrogens with one attached hydrogen (secondary N) is 1. The Morgan fingerprint density at radius 1 is 1.38 bits per heavy atom. The largest absolute Gasteiger partial charge is 0.508 e. The SMILES string of the molecule is O=C(COc1ccccc1Cl)N/N=C/c1cc(O)ccc1[N+](=O)[O-]. The van der Waals surface area contributed by atoms with Gasteiger partial charge in [0, 0.05) is 6.07 Å². The number of rotatable bonds is 6. The van der Waals surface area contributed by atoms with Crippen LogP contribution in [0.4, 0.5) is 5.69 Å². The maximum Gasteiger partial charge on any atom is 0.278 e. The summed E-state index contributed by atoms with van der Waals surface area (Å²) in [7, 11) is 0. The van der Waals surface area contributed by atoms with Crippen LogP contribution < -0.4 is 10.2 Å². The smallest absolute Gasteiger partial charge is 0.278 e. The first-order chi connectivity index (χ1) is 11.5. The van der Waals surface area contributed by atoms with Gasteiger partial charge in [-0.3, -0.25) is 14.9 Å². The van der Waals surface area contributed by atoms with Crippen LogP contribution in [0.3, 0.4) is 0 Å². The Morgan fingerprint density at radius 3 is 2.83 bits per heavy atom. The van der Waals surface area contributed by atoms with Crippen molar-refractivity contribution >= 4 is 29.4 Å². The number of hydrogen-bond donors (Lipinski definition) is 2. The molecule has 0 atom stereocenters. The topological polar surface area (TPSA) is 114 Å². The molecule has 2 N–H and O–H groups in total. The van der Waals surface area contributed by atoms with Gasteiger partial charge in [-0.2, -0.15) is 5.10 Å². The van der Waals surface area contributed by atoms with Crippen molar-refractivity contribution < 1.29 is 19.6 Å². The lowest BCUT2D eigenvalue weighted by Gasteiger charge is -2.06. The van der Waals surface area contributed by atoms with Gasteiger partial charge in [0.1, 0.15) is 11.5 Å². The summed E-state index contributed by atoms with van der Waals surface area (Å²) in [5.41, 5.74) is 1.96. The fourth-order valence-electron chi connectivity index (χ4n) is 1.72. The van der Waals surface area contributed by atoms with Crippen LogP contribution in [0.2, 0.25) is 5.02 Å². The highest BCUT2D eigenvalue weighted by Crippen LogP contribution is 2.23. The predicted molar refractivity (Wildman–Crippen MR) is 87.4 cm³/mol. The Bertz CT molecular complexity index is 794. The van der Waals surface area contributed by atoms with Crippen LogP contribution in [0.1, 0.15) is 5.56 Å². The number of phenols is 1. The molecule has 2 aromatic rings. The lowest BCUT2D eigenvalue weighted by molar-refractivity contribution is -0.385. The molecule has 0 bridgehead atoms. The van der Waals surface area contributed by atoms with Crippen molar-refractivity contribution in [3.8, 4) is 11.5 Å². The first-order valence-electron chi connectivity index (χ1n) is 6.64. The summed E-state index contributed by atoms with van der Waals surface area (Å²) < 4.78 is 5.22. The molecule has 0 saturated carbocycles. The summed E-state index contributed by atoms with van der Waals surface area (Å²) in [6.45, 7) is -0.330. The van der Waals surface area contributed by atoms with E-state index in [1.165, 1.54) is 6.07 Å². The molecule has 8 nitrogen and oxygen atoms in total. The van der Waals surface area contributed by atoms with Gasteiger partial charge in [0.05, 0.1) is 21.7 Å². The molecule has 0 saturated heterocycles. The van der Waals surface area contributed by atoms with Crippen molar-refractivity contribution in [1.82, 2.24) is 5.43 Å². The van der Waals surface area contributed by atoms with E-state index in [0.717, 1.165) is 18.3 Å². The van der Waals surface area contributed by atoms with E-state index in [-0.39, 0.29) is 23.6 Å². The molecule has 2 aromatic carbocycles. The predicted octanol–water partition coefficient (Wildman–Crippen LogP) is 2.48. The van der Waals surface area contributed by atoms with Crippen molar-refractivity contribution in [3.63, 3.8) is 0 Å². The number of hydrogen-bond acceptors (Lipinski definition) is 6. The highest BCUT2D eigenvalue weighted by atomic mass is 35.5. The van der Waals surface area contributed by atoms with Crippen molar-refractivity contribution in [3.05, 3.63) is 63.2 Å². The number of nitrogens with zero attached hydrogens (tertiary/aromatic N) is 2. The second-order valence-corrected chi connectivity index (χ2v) is 4.92. The number of phenolic OH excluding ortho intramolecular Hbond substituents is 1. The number of aromatic hydroxyl groups is 1. The number of carbonyl (C=O) groups is 1. The average Bonchev–Trinajstić information content (AvgIpc) is 2.54. The molecule has 0 aliphatic heterocycles. The maximum absolute atomic E-state index is 11.6. The number of halogens is 1. The molecule has 9 heteroatoms. The Balaban J connectivity index is 1.94. The maximum atomic E-state index is 11.6. The van der Waals surface area contributed by atoms with Gasteiger partial charge < -0.3 is 9.84 Å². The Kier molecular flexibility index (Phi) is 5.69. The number of benzene rings is 2. The Morgan fingerprint density at radius 2 is 2.12 bits per heavy atom. The number of amides is 1. The summed E-state index contributed by atoms with van der Waals surface area (Å²) in [4.78, 5) is 21.9. The third-order valence-corrected chi connectivity index (χ3v) is 3.11. The summed E-state index contributed by atoms with van der Waals surface area (Å²) >= 11 is 5.88. The van der Waals surface area contributed by atoms with Crippen molar-refractivity contribution in [2.75, 3.05) is 6.61 Å². The summed E-state index contributed by atoms with van der Waals surface area (Å²) in [6.07, 6.45) is 1.06. The van der Waals surface area contributed by atoms with Crippen molar-refractivity contribution in [2.45, 2.75) is 0 Å². The second kappa shape index (κ2) is 7.93. The molecule has 0 aliphatic carbocycles. The molecule has 0 unspecified atom stereocenters. The first kappa shape index (κ1) is 17.2. The van der Waals surface area contributed by atoms with Crippen molar-refractivity contribution in [1.29, 1.82) is 0 Å². The molecule has 1 amide bonds. The van der Waals surface area contributed by atoms with Gasteiger partial charge in [-0.25, -0.2) is 5.43 Å². The molecule has 24 heavy (non-hydrogen) atoms. The van der Waals surface area contributed by atoms with Crippen LogP contribution in [-0.4, -0.2) is 28.8 Å². The Hall–Kier alpha value is -3.13. The van der Waals surface area contributed by atoms with E-state index >= 15 is 0 Å². The van der Waals surface area contributed by atoms with E-state index in [2.05, 4.69) is 10.5 Å². The summed E-state index contributed by atoms with van der Waals surface area (Å²) in [5, 5.41) is 24.2. The lowest BCUT2D eigenvalue weighted by Crippen LogP contribution is -2.24. The molecule has 124 valence electrons. The van der Waals surface area contributed by atoms with Gasteiger partial charge in [0.2, 0.25) is 0 Å². The number of hydrazone groups is 1. The molecule has 0 aromatic heterocycles. The molecule has 0 fully saturated rings. The zero-order valence-corrected chi connectivity index (χ0v) is 12.9. The van der Waals surface area contributed by atoms with E-state index < -0.39 is 10.8 Å². The van der Waals surface area contributed by atoms with E-state index in [4.69, 9.17) is 16.3 Å². The van der Waals surface area contributed by atoms with Gasteiger partial charge in [-0.1, -0.05) is 23.7 Å². The van der Waals surface area contributed by atoms with Crippen LogP contribution in [0.15, 0.2) is 47.6 Å². The van der Waals surface area contributed by atoms with Crippen LogP contribution in [0, 0.1) is 10.1 Å². The minimum absolute atomic E-state index is 0.0484. The third kappa shape index (κ3) is 4.68. The lowest BCUT2D eigenvalue weighted by atomic mass is 10.2. The highest BCUT2D eigenvalue weighted by Gasteiger charge is 2.12. The van der Waals surface area contributed by atoms with Crippen LogP contribution in [0.25, 0.3) is 0 Å². The number of ether oxygens (including phenoxy) is 1. The molecule has 0 heterocycles. The first-order valence-corrected chi connectivity index (χ1v) is 7.02. The molecular formula is C15H12ClN3O5. The standard InChI is InChI=1S/C15H12ClN3O5/c16-12-3-1-2-4-14(12)24-9-15(21)18-17-8-10-7-11(20)5-6-13(10)19(22)23/h1-8,20H,9H2,(H,18,21)/b17-8+. The van der Waals surface area contributed by atoms with Crippen LogP contribution in [0.5, 0.6) is 11.5 Å². The molecule has 0 spiro atoms. The monoisotopic (exact) mass is 349 g/mol. The summed E-state index contributed by atoms with van der Waals surface area (Å²) in [5.74, 6) is -0.383. The minimum Gasteiger partial charge on any atom is -0.508 e. The van der Waals surface area contributed by atoms with E-state index in [1.54, 1.807) is 24.3 Å². The average molecular weight is 350 g/mol. The van der Waals surface area contributed by atoms with Gasteiger partial charge in [0.25, 0.3) is 11.6 Å². The molecule has 0 radical (unpaired) electrons. The number of para-hydroxylation sites is 1. The highest BCUT2D eigenvalue weighted by molar-refractivity contribution is 6.32. The molecular weight excluding hydrogens is 338 g/mol. The fraction of sp³-hybridized carbons (Fsp3) is 0.0667. The van der Waals surface area contributed by atoms with Gasteiger partial charge >= 0.3 is 0 Å². The van der Waals surface area contributed by atoms with Gasteiger partial charge in [0.15, 0.2) is 6.61 Å². The summed E-state index contributed by atoms with van der Waals surface area (Å²) in [6, 6.07) is 10.1. The number of nitro groups is 1. The number of nitro benzene ring substituents is 1. The quantitative estimate of drug-likeness (QED) is 0.472. The fourth-order valence-corrected chi connectivity index (χ4v) is 1.91. The van der Waals surface area contributed by atoms with Crippen molar-refractivity contribution in [2.24, 2.45) is 5.10 Å². The molecule has 0 aliphatic rings. The number of carbonyl (C=O) groups excluding carboxylic acids is 1. The Labute approximate surface area is 141 Å². The zero-order valence-electron chi connectivity index (χ0n) is 12.2. The van der Waals surface area contributed by atoms with Crippen LogP contribution in [-0.2, 0) is 4.79 Å². The molecule has 2 rings (SSSR count). The zero-order chi connectivity index (χ0) is 17.5. The second-order valence-electron chi connectivity index (χ2n) is 4.51. The minimum atomic E-state index is -0.622. The van der Waals surface area contributed by atoms with E-state index in [1.807, 2.05) is 0 Å².